The summed E-state index contributed by atoms with van der Waals surface area (Å²) in [7, 11) is 3.15. The van der Waals surface area contributed by atoms with Crippen molar-refractivity contribution in [3.8, 4) is 5.88 Å². The smallest absolute Gasteiger partial charge is 0.250 e. The van der Waals surface area contributed by atoms with Gasteiger partial charge < -0.3 is 15.0 Å². The molecule has 8 heteroatoms. The van der Waals surface area contributed by atoms with Crippen LogP contribution in [0.3, 0.4) is 0 Å². The predicted octanol–water partition coefficient (Wildman–Crippen LogP) is 2.04. The van der Waals surface area contributed by atoms with Crippen LogP contribution >= 0.6 is 11.8 Å². The first kappa shape index (κ1) is 19.2. The van der Waals surface area contributed by atoms with Crippen molar-refractivity contribution in [2.45, 2.75) is 17.7 Å². The third kappa shape index (κ3) is 4.39. The molecule has 0 radical (unpaired) electrons. The van der Waals surface area contributed by atoms with Gasteiger partial charge in [-0.1, -0.05) is 18.2 Å². The molecule has 1 N–H and O–H groups in total. The normalized spacial score (nSPS) is 19.3. The van der Waals surface area contributed by atoms with Gasteiger partial charge in [0.1, 0.15) is 11.9 Å². The Hall–Kier alpha value is -2.61. The summed E-state index contributed by atoms with van der Waals surface area (Å²) in [6.07, 6.45) is 1.83. The fourth-order valence-electron chi connectivity index (χ4n) is 2.80. The first-order valence-corrected chi connectivity index (χ1v) is 9.47. The number of ether oxygens (including phenoxy) is 1. The number of amides is 2. The Kier molecular flexibility index (Phi) is 5.95. The number of hydrogen-bond acceptors (Lipinski definition) is 5. The molecule has 142 valence electrons. The SMILES string of the molecule is COc1ccc(N(C)C(=O)[C@H]2CS[C@@H](Cc3ccccc3F)C(=O)N2)cn1. The third-order valence-corrected chi connectivity index (χ3v) is 5.69. The lowest BCUT2D eigenvalue weighted by atomic mass is 10.1. The second-order valence-electron chi connectivity index (χ2n) is 6.13. The van der Waals surface area contributed by atoms with Crippen LogP contribution in [0.4, 0.5) is 10.1 Å². The van der Waals surface area contributed by atoms with Crippen LogP contribution in [0.15, 0.2) is 42.6 Å². The highest BCUT2D eigenvalue weighted by atomic mass is 32.2. The number of nitrogens with one attached hydrogen (secondary N) is 1. The molecule has 1 aromatic heterocycles. The number of nitrogens with zero attached hydrogens (tertiary/aromatic N) is 2. The summed E-state index contributed by atoms with van der Waals surface area (Å²) in [5.74, 6) is 0.0756. The van der Waals surface area contributed by atoms with Crippen LogP contribution in [0.5, 0.6) is 5.88 Å². The van der Waals surface area contributed by atoms with Gasteiger partial charge in [0.05, 0.1) is 24.2 Å². The van der Waals surface area contributed by atoms with Crippen molar-refractivity contribution in [1.82, 2.24) is 10.3 Å². The summed E-state index contributed by atoms with van der Waals surface area (Å²) in [4.78, 5) is 30.6. The summed E-state index contributed by atoms with van der Waals surface area (Å²) < 4.78 is 18.8. The second kappa shape index (κ2) is 8.39. The maximum absolute atomic E-state index is 13.8. The number of benzene rings is 1. The van der Waals surface area contributed by atoms with E-state index < -0.39 is 11.3 Å². The van der Waals surface area contributed by atoms with Gasteiger partial charge in [0.15, 0.2) is 0 Å². The van der Waals surface area contributed by atoms with Gasteiger partial charge in [-0.25, -0.2) is 9.37 Å². The van der Waals surface area contributed by atoms with E-state index in [1.807, 2.05) is 0 Å². The molecule has 0 bridgehead atoms. The van der Waals surface area contributed by atoms with E-state index in [4.69, 9.17) is 4.74 Å². The summed E-state index contributed by atoms with van der Waals surface area (Å²) in [6, 6.07) is 9.17. The minimum atomic E-state index is -0.633. The maximum atomic E-state index is 13.8. The molecule has 1 aromatic carbocycles. The topological polar surface area (TPSA) is 71.5 Å². The largest absolute Gasteiger partial charge is 0.481 e. The summed E-state index contributed by atoms with van der Waals surface area (Å²) >= 11 is 1.37. The molecule has 27 heavy (non-hydrogen) atoms. The predicted molar refractivity (Wildman–Crippen MR) is 102 cm³/mol. The van der Waals surface area contributed by atoms with Crippen LogP contribution in [-0.2, 0) is 16.0 Å². The van der Waals surface area contributed by atoms with Crippen molar-refractivity contribution in [3.05, 3.63) is 54.0 Å². The van der Waals surface area contributed by atoms with E-state index in [1.165, 1.54) is 36.0 Å². The first-order chi connectivity index (χ1) is 13.0. The average Bonchev–Trinajstić information content (AvgIpc) is 2.70. The van der Waals surface area contributed by atoms with E-state index in [0.717, 1.165) is 0 Å². The monoisotopic (exact) mass is 389 g/mol. The Morgan fingerprint density at radius 3 is 2.78 bits per heavy atom. The number of rotatable bonds is 5. The van der Waals surface area contributed by atoms with Gasteiger partial charge in [0.2, 0.25) is 17.7 Å². The van der Waals surface area contributed by atoms with Gasteiger partial charge in [0.25, 0.3) is 0 Å². The number of carbonyl (C=O) groups is 2. The lowest BCUT2D eigenvalue weighted by molar-refractivity contribution is -0.127. The van der Waals surface area contributed by atoms with E-state index >= 15 is 0 Å². The van der Waals surface area contributed by atoms with Crippen molar-refractivity contribution in [3.63, 3.8) is 0 Å². The standard InChI is InChI=1S/C19H20FN3O3S/c1-23(13-7-8-17(26-2)21-10-13)19(25)15-11-27-16(18(24)22-15)9-12-5-3-4-6-14(12)20/h3-8,10,15-16H,9,11H2,1-2H3,(H,22,24)/t15-,16+/m1/s1. The third-order valence-electron chi connectivity index (χ3n) is 4.38. The molecule has 3 rings (SSSR count). The number of pyridine rings is 1. The van der Waals surface area contributed by atoms with E-state index in [2.05, 4.69) is 10.3 Å². The average molecular weight is 389 g/mol. The molecule has 1 fully saturated rings. The molecule has 0 saturated carbocycles. The zero-order chi connectivity index (χ0) is 19.4. The number of halogens is 1. The number of anilines is 1. The minimum Gasteiger partial charge on any atom is -0.481 e. The maximum Gasteiger partial charge on any atom is 0.250 e. The fraction of sp³-hybridized carbons (Fsp3) is 0.316. The highest BCUT2D eigenvalue weighted by Gasteiger charge is 2.34. The lowest BCUT2D eigenvalue weighted by Gasteiger charge is -2.30. The molecular formula is C19H20FN3O3S. The van der Waals surface area contributed by atoms with Crippen LogP contribution < -0.4 is 15.0 Å². The Morgan fingerprint density at radius 1 is 1.37 bits per heavy atom. The molecule has 2 heterocycles. The highest BCUT2D eigenvalue weighted by molar-refractivity contribution is 8.00. The number of likely N-dealkylation sites (N-methyl/N-ethyl adjacent to an activating group) is 1. The number of aromatic nitrogens is 1. The number of carbonyl (C=O) groups excluding carboxylic acids is 2. The van der Waals surface area contributed by atoms with Gasteiger partial charge in [-0.05, 0) is 24.1 Å². The van der Waals surface area contributed by atoms with Gasteiger partial charge in [-0.2, -0.15) is 0 Å². The first-order valence-electron chi connectivity index (χ1n) is 8.42. The summed E-state index contributed by atoms with van der Waals surface area (Å²) in [6.45, 7) is 0. The zero-order valence-corrected chi connectivity index (χ0v) is 15.8. The highest BCUT2D eigenvalue weighted by Crippen LogP contribution is 2.25. The van der Waals surface area contributed by atoms with E-state index in [-0.39, 0.29) is 17.6 Å². The van der Waals surface area contributed by atoms with Gasteiger partial charge in [-0.15, -0.1) is 11.8 Å². The summed E-state index contributed by atoms with van der Waals surface area (Å²) in [5.41, 5.74) is 1.10. The van der Waals surface area contributed by atoms with Crippen LogP contribution in [0.1, 0.15) is 5.56 Å². The number of hydrogen-bond donors (Lipinski definition) is 1. The van der Waals surface area contributed by atoms with E-state index in [0.29, 0.717) is 29.3 Å². The molecule has 0 unspecified atom stereocenters. The molecule has 2 aromatic rings. The Labute approximate surface area is 161 Å². The van der Waals surface area contributed by atoms with Crippen molar-refractivity contribution >= 4 is 29.3 Å². The fourth-order valence-corrected chi connectivity index (χ4v) is 3.96. The van der Waals surface area contributed by atoms with Crippen molar-refractivity contribution in [2.75, 3.05) is 24.8 Å². The molecule has 6 nitrogen and oxygen atoms in total. The summed E-state index contributed by atoms with van der Waals surface area (Å²) in [5, 5.41) is 2.34. The Bertz CT molecular complexity index is 831. The number of methoxy groups -OCH3 is 1. The molecule has 2 atom stereocenters. The van der Waals surface area contributed by atoms with Crippen LogP contribution in [0, 0.1) is 5.82 Å². The number of thioether (sulfide) groups is 1. The Balaban J connectivity index is 1.62. The zero-order valence-electron chi connectivity index (χ0n) is 15.0. The van der Waals surface area contributed by atoms with Crippen molar-refractivity contribution in [1.29, 1.82) is 0 Å². The van der Waals surface area contributed by atoms with Crippen molar-refractivity contribution < 1.29 is 18.7 Å². The second-order valence-corrected chi connectivity index (χ2v) is 7.37. The quantitative estimate of drug-likeness (QED) is 0.847. The molecule has 1 saturated heterocycles. The molecule has 0 spiro atoms. The van der Waals surface area contributed by atoms with Gasteiger partial charge >= 0.3 is 0 Å². The molecular weight excluding hydrogens is 369 g/mol. The lowest BCUT2D eigenvalue weighted by Crippen LogP contribution is -2.55. The van der Waals surface area contributed by atoms with Crippen LogP contribution in [-0.4, -0.2) is 48.0 Å². The molecule has 2 amide bonds. The minimum absolute atomic E-state index is 0.229. The molecule has 0 aliphatic carbocycles. The molecule has 1 aliphatic rings. The van der Waals surface area contributed by atoms with Crippen LogP contribution in [0.25, 0.3) is 0 Å². The van der Waals surface area contributed by atoms with E-state index in [9.17, 15) is 14.0 Å². The Morgan fingerprint density at radius 2 is 2.15 bits per heavy atom. The van der Waals surface area contributed by atoms with Crippen molar-refractivity contribution in [2.24, 2.45) is 0 Å². The van der Waals surface area contributed by atoms with Gasteiger partial charge in [-0.3, -0.25) is 9.59 Å². The van der Waals surface area contributed by atoms with E-state index in [1.54, 1.807) is 37.4 Å². The van der Waals surface area contributed by atoms with Gasteiger partial charge in [0, 0.05) is 18.9 Å². The van der Waals surface area contributed by atoms with Crippen LogP contribution in [0.2, 0.25) is 0 Å². The molecule has 1 aliphatic heterocycles.